The van der Waals surface area contributed by atoms with Crippen LogP contribution in [0.5, 0.6) is 0 Å². The van der Waals surface area contributed by atoms with E-state index in [0.29, 0.717) is 17.1 Å². The minimum Gasteiger partial charge on any atom is -0.351 e. The Morgan fingerprint density at radius 1 is 1.19 bits per heavy atom. The van der Waals surface area contributed by atoms with Crippen LogP contribution < -0.4 is 5.32 Å². The Morgan fingerprint density at radius 3 is 2.69 bits per heavy atom. The third-order valence-electron chi connectivity index (χ3n) is 4.01. The SMILES string of the molecule is Cc1cc(C)c2nc(SCC(=O)NCc3ccccc3)c(C#N)cc2c1. The van der Waals surface area contributed by atoms with E-state index in [1.54, 1.807) is 0 Å². The fraction of sp³-hybridized carbons (Fsp3) is 0.190. The van der Waals surface area contributed by atoms with Crippen LogP contribution >= 0.6 is 11.8 Å². The lowest BCUT2D eigenvalue weighted by Crippen LogP contribution is -2.24. The highest BCUT2D eigenvalue weighted by Gasteiger charge is 2.11. The minimum atomic E-state index is -0.0785. The number of nitrogens with one attached hydrogen (secondary N) is 1. The first-order valence-electron chi connectivity index (χ1n) is 8.32. The van der Waals surface area contributed by atoms with Gasteiger partial charge in [-0.3, -0.25) is 4.79 Å². The summed E-state index contributed by atoms with van der Waals surface area (Å²) in [5.41, 5.74) is 4.64. The second kappa shape index (κ2) is 8.03. The molecule has 0 aliphatic carbocycles. The summed E-state index contributed by atoms with van der Waals surface area (Å²) in [7, 11) is 0. The number of rotatable bonds is 5. The Morgan fingerprint density at radius 2 is 1.96 bits per heavy atom. The van der Waals surface area contributed by atoms with Crippen LogP contribution in [0, 0.1) is 25.2 Å². The van der Waals surface area contributed by atoms with Crippen LogP contribution in [0.3, 0.4) is 0 Å². The first-order chi connectivity index (χ1) is 12.6. The molecule has 3 rings (SSSR count). The summed E-state index contributed by atoms with van der Waals surface area (Å²) in [5, 5.41) is 13.9. The van der Waals surface area contributed by atoms with Gasteiger partial charge in [-0.1, -0.05) is 53.7 Å². The van der Waals surface area contributed by atoms with Crippen LogP contribution in [-0.4, -0.2) is 16.6 Å². The van der Waals surface area contributed by atoms with Gasteiger partial charge in [0.05, 0.1) is 16.8 Å². The smallest absolute Gasteiger partial charge is 0.230 e. The molecule has 130 valence electrons. The van der Waals surface area contributed by atoms with E-state index >= 15 is 0 Å². The molecule has 0 atom stereocenters. The van der Waals surface area contributed by atoms with E-state index in [4.69, 9.17) is 0 Å². The van der Waals surface area contributed by atoms with Crippen LogP contribution in [0.1, 0.15) is 22.3 Å². The van der Waals surface area contributed by atoms with Crippen molar-refractivity contribution in [3.63, 3.8) is 0 Å². The molecule has 0 bridgehead atoms. The van der Waals surface area contributed by atoms with Crippen LogP contribution in [0.4, 0.5) is 0 Å². The van der Waals surface area contributed by atoms with Crippen molar-refractivity contribution in [1.29, 1.82) is 5.26 Å². The van der Waals surface area contributed by atoms with Crippen molar-refractivity contribution < 1.29 is 4.79 Å². The molecule has 0 unspecified atom stereocenters. The average molecular weight is 361 g/mol. The molecule has 5 heteroatoms. The molecule has 1 amide bonds. The zero-order valence-electron chi connectivity index (χ0n) is 14.7. The molecule has 0 spiro atoms. The van der Waals surface area contributed by atoms with Gasteiger partial charge in [0.2, 0.25) is 5.91 Å². The maximum absolute atomic E-state index is 12.1. The highest BCUT2D eigenvalue weighted by molar-refractivity contribution is 8.00. The van der Waals surface area contributed by atoms with Gasteiger partial charge in [-0.25, -0.2) is 4.98 Å². The highest BCUT2D eigenvalue weighted by Crippen LogP contribution is 2.27. The number of nitrogens with zero attached hydrogens (tertiary/aromatic N) is 2. The van der Waals surface area contributed by atoms with Gasteiger partial charge in [-0.2, -0.15) is 5.26 Å². The molecule has 1 heterocycles. The molecular formula is C21H19N3OS. The molecule has 0 saturated carbocycles. The molecular weight excluding hydrogens is 342 g/mol. The third kappa shape index (κ3) is 4.22. The Balaban J connectivity index is 1.72. The van der Waals surface area contributed by atoms with Gasteiger partial charge in [-0.15, -0.1) is 0 Å². The van der Waals surface area contributed by atoms with Crippen LogP contribution in [0.25, 0.3) is 10.9 Å². The molecule has 0 saturated heterocycles. The third-order valence-corrected chi connectivity index (χ3v) is 5.00. The van der Waals surface area contributed by atoms with Gasteiger partial charge in [0.15, 0.2) is 0 Å². The Bertz CT molecular complexity index is 994. The molecule has 2 aromatic carbocycles. The van der Waals surface area contributed by atoms with Gasteiger partial charge in [0.25, 0.3) is 0 Å². The van der Waals surface area contributed by atoms with E-state index < -0.39 is 0 Å². The topological polar surface area (TPSA) is 65.8 Å². The van der Waals surface area contributed by atoms with E-state index in [-0.39, 0.29) is 11.7 Å². The van der Waals surface area contributed by atoms with Crippen molar-refractivity contribution in [3.05, 3.63) is 70.8 Å². The average Bonchev–Trinajstić information content (AvgIpc) is 2.65. The number of thioether (sulfide) groups is 1. The number of aryl methyl sites for hydroxylation is 2. The maximum atomic E-state index is 12.1. The summed E-state index contributed by atoms with van der Waals surface area (Å²) < 4.78 is 0. The van der Waals surface area contributed by atoms with Crippen molar-refractivity contribution in [2.24, 2.45) is 0 Å². The van der Waals surface area contributed by atoms with E-state index in [2.05, 4.69) is 22.4 Å². The molecule has 3 aromatic rings. The Labute approximate surface area is 157 Å². The number of hydrogen-bond donors (Lipinski definition) is 1. The lowest BCUT2D eigenvalue weighted by molar-refractivity contribution is -0.118. The fourth-order valence-corrected chi connectivity index (χ4v) is 3.59. The van der Waals surface area contributed by atoms with Gasteiger partial charge in [0.1, 0.15) is 11.1 Å². The summed E-state index contributed by atoms with van der Waals surface area (Å²) >= 11 is 1.30. The van der Waals surface area contributed by atoms with Crippen molar-refractivity contribution >= 4 is 28.6 Å². The van der Waals surface area contributed by atoms with Crippen LogP contribution in [0.2, 0.25) is 0 Å². The Kier molecular flexibility index (Phi) is 5.55. The number of nitriles is 1. The predicted molar refractivity (Wildman–Crippen MR) is 105 cm³/mol. The molecule has 0 radical (unpaired) electrons. The summed E-state index contributed by atoms with van der Waals surface area (Å²) in [6.07, 6.45) is 0. The summed E-state index contributed by atoms with van der Waals surface area (Å²) in [4.78, 5) is 16.8. The standard InChI is InChI=1S/C21H19N3OS/c1-14-8-15(2)20-17(9-14)10-18(11-22)21(24-20)26-13-19(25)23-12-16-6-4-3-5-7-16/h3-10H,12-13H2,1-2H3,(H,23,25). The normalized spacial score (nSPS) is 10.5. The zero-order chi connectivity index (χ0) is 18.5. The number of aromatic nitrogens is 1. The molecule has 0 fully saturated rings. The molecule has 1 aromatic heterocycles. The van der Waals surface area contributed by atoms with Gasteiger partial charge < -0.3 is 5.32 Å². The number of pyridine rings is 1. The summed E-state index contributed by atoms with van der Waals surface area (Å²) in [6.45, 7) is 4.53. The van der Waals surface area contributed by atoms with Crippen LogP contribution in [0.15, 0.2) is 53.6 Å². The fourth-order valence-electron chi connectivity index (χ4n) is 2.81. The summed E-state index contributed by atoms with van der Waals surface area (Å²) in [6, 6.07) is 17.9. The quantitative estimate of drug-likeness (QED) is 0.694. The molecule has 4 nitrogen and oxygen atoms in total. The zero-order valence-corrected chi connectivity index (χ0v) is 15.6. The Hall–Kier alpha value is -2.84. The monoisotopic (exact) mass is 361 g/mol. The second-order valence-electron chi connectivity index (χ2n) is 6.16. The van der Waals surface area contributed by atoms with E-state index in [0.717, 1.165) is 27.6 Å². The molecule has 0 aliphatic heterocycles. The van der Waals surface area contributed by atoms with Crippen molar-refractivity contribution in [2.75, 3.05) is 5.75 Å². The minimum absolute atomic E-state index is 0.0785. The van der Waals surface area contributed by atoms with Gasteiger partial charge in [-0.05, 0) is 37.1 Å². The lowest BCUT2D eigenvalue weighted by Gasteiger charge is -2.09. The number of amides is 1. The van der Waals surface area contributed by atoms with Gasteiger partial charge >= 0.3 is 0 Å². The van der Waals surface area contributed by atoms with E-state index in [1.807, 2.05) is 56.3 Å². The first-order valence-corrected chi connectivity index (χ1v) is 9.31. The molecule has 26 heavy (non-hydrogen) atoms. The van der Waals surface area contributed by atoms with E-state index in [9.17, 15) is 10.1 Å². The summed E-state index contributed by atoms with van der Waals surface area (Å²) in [5.74, 6) is 0.149. The molecule has 0 aliphatic rings. The number of benzene rings is 2. The largest absolute Gasteiger partial charge is 0.351 e. The number of hydrogen-bond acceptors (Lipinski definition) is 4. The number of carbonyl (C=O) groups is 1. The van der Waals surface area contributed by atoms with Crippen molar-refractivity contribution in [1.82, 2.24) is 10.3 Å². The maximum Gasteiger partial charge on any atom is 0.230 e. The van der Waals surface area contributed by atoms with Crippen molar-refractivity contribution in [2.45, 2.75) is 25.4 Å². The first kappa shape index (κ1) is 18.0. The van der Waals surface area contributed by atoms with Gasteiger partial charge in [0, 0.05) is 11.9 Å². The highest BCUT2D eigenvalue weighted by atomic mass is 32.2. The second-order valence-corrected chi connectivity index (χ2v) is 7.12. The van der Waals surface area contributed by atoms with E-state index in [1.165, 1.54) is 11.8 Å². The number of carbonyl (C=O) groups excluding carboxylic acids is 1. The number of fused-ring (bicyclic) bond motifs is 1. The molecule has 1 N–H and O–H groups in total. The van der Waals surface area contributed by atoms with Crippen LogP contribution in [-0.2, 0) is 11.3 Å². The lowest BCUT2D eigenvalue weighted by atomic mass is 10.1. The van der Waals surface area contributed by atoms with Crippen molar-refractivity contribution in [3.8, 4) is 6.07 Å². The predicted octanol–water partition coefficient (Wildman–Crippen LogP) is 4.13.